The molecular formula is C18H17ClF3NO3. The number of hydrogen-bond donors (Lipinski definition) is 0. The molecule has 0 aliphatic rings. The first-order chi connectivity index (χ1) is 12.3. The summed E-state index contributed by atoms with van der Waals surface area (Å²) in [6.07, 6.45) is 0. The van der Waals surface area contributed by atoms with Crippen LogP contribution in [0.4, 0.5) is 13.2 Å². The molecule has 0 radical (unpaired) electrons. The van der Waals surface area contributed by atoms with Gasteiger partial charge in [0.1, 0.15) is 5.82 Å². The number of carbonyl (C=O) groups is 1. The third-order valence-corrected chi connectivity index (χ3v) is 3.76. The smallest absolute Gasteiger partial charge is 0.387 e. The molecule has 26 heavy (non-hydrogen) atoms. The molecule has 0 aromatic heterocycles. The molecule has 0 bridgehead atoms. The number of alkyl halides is 2. The zero-order valence-electron chi connectivity index (χ0n) is 14.1. The second-order valence-corrected chi connectivity index (χ2v) is 5.79. The highest BCUT2D eigenvalue weighted by atomic mass is 35.5. The van der Waals surface area contributed by atoms with E-state index in [0.717, 1.165) is 12.1 Å². The standard InChI is InChI=1S/C18H17ClF3NO3/c1-3-25-16-8-11(4-7-15(16)26-18(21)22)10-23(2)17(24)13-6-5-12(20)9-14(13)19/h4-9,18H,3,10H2,1-2H3. The molecule has 0 N–H and O–H groups in total. The third-order valence-electron chi connectivity index (χ3n) is 3.45. The second-order valence-electron chi connectivity index (χ2n) is 5.38. The summed E-state index contributed by atoms with van der Waals surface area (Å²) in [7, 11) is 1.55. The highest BCUT2D eigenvalue weighted by Gasteiger charge is 2.17. The Labute approximate surface area is 154 Å². The van der Waals surface area contributed by atoms with E-state index >= 15 is 0 Å². The van der Waals surface area contributed by atoms with Crippen molar-refractivity contribution in [1.82, 2.24) is 4.90 Å². The van der Waals surface area contributed by atoms with Gasteiger partial charge in [0.05, 0.1) is 17.2 Å². The molecule has 0 spiro atoms. The van der Waals surface area contributed by atoms with Gasteiger partial charge in [-0.15, -0.1) is 0 Å². The van der Waals surface area contributed by atoms with Crippen molar-refractivity contribution in [2.24, 2.45) is 0 Å². The Bertz CT molecular complexity index is 786. The molecular weight excluding hydrogens is 371 g/mol. The predicted molar refractivity (Wildman–Crippen MR) is 91.5 cm³/mol. The monoisotopic (exact) mass is 387 g/mol. The highest BCUT2D eigenvalue weighted by Crippen LogP contribution is 2.30. The number of carbonyl (C=O) groups excluding carboxylic acids is 1. The molecule has 0 aliphatic heterocycles. The van der Waals surface area contributed by atoms with Crippen molar-refractivity contribution in [2.75, 3.05) is 13.7 Å². The fourth-order valence-corrected chi connectivity index (χ4v) is 2.57. The van der Waals surface area contributed by atoms with Crippen LogP contribution in [0.2, 0.25) is 5.02 Å². The number of nitrogens with zero attached hydrogens (tertiary/aromatic N) is 1. The highest BCUT2D eigenvalue weighted by molar-refractivity contribution is 6.33. The van der Waals surface area contributed by atoms with E-state index in [1.54, 1.807) is 20.0 Å². The minimum atomic E-state index is -2.97. The van der Waals surface area contributed by atoms with E-state index in [9.17, 15) is 18.0 Å². The maximum Gasteiger partial charge on any atom is 0.387 e. The fourth-order valence-electron chi connectivity index (χ4n) is 2.33. The number of hydrogen-bond acceptors (Lipinski definition) is 3. The van der Waals surface area contributed by atoms with E-state index in [4.69, 9.17) is 16.3 Å². The number of halogens is 4. The Hall–Kier alpha value is -2.41. The number of rotatable bonds is 7. The minimum absolute atomic E-state index is 0.0116. The lowest BCUT2D eigenvalue weighted by atomic mass is 10.1. The van der Waals surface area contributed by atoms with Gasteiger partial charge < -0.3 is 14.4 Å². The van der Waals surface area contributed by atoms with Crippen molar-refractivity contribution in [3.8, 4) is 11.5 Å². The first kappa shape index (κ1) is 19.9. The molecule has 140 valence electrons. The van der Waals surface area contributed by atoms with Gasteiger partial charge in [0.25, 0.3) is 5.91 Å². The maximum atomic E-state index is 13.1. The number of amides is 1. The van der Waals surface area contributed by atoms with Gasteiger partial charge in [0, 0.05) is 13.6 Å². The van der Waals surface area contributed by atoms with E-state index < -0.39 is 18.3 Å². The fraction of sp³-hybridized carbons (Fsp3) is 0.278. The van der Waals surface area contributed by atoms with Crippen molar-refractivity contribution in [1.29, 1.82) is 0 Å². The quantitative estimate of drug-likeness (QED) is 0.688. The van der Waals surface area contributed by atoms with Gasteiger partial charge in [-0.3, -0.25) is 4.79 Å². The lowest BCUT2D eigenvalue weighted by molar-refractivity contribution is -0.0514. The van der Waals surface area contributed by atoms with Crippen molar-refractivity contribution < 1.29 is 27.4 Å². The van der Waals surface area contributed by atoms with Crippen LogP contribution in [0.15, 0.2) is 36.4 Å². The van der Waals surface area contributed by atoms with Crippen molar-refractivity contribution in [3.05, 3.63) is 58.4 Å². The van der Waals surface area contributed by atoms with Crippen LogP contribution in [-0.2, 0) is 6.54 Å². The van der Waals surface area contributed by atoms with E-state index in [-0.39, 0.29) is 35.2 Å². The average Bonchev–Trinajstić information content (AvgIpc) is 2.56. The molecule has 8 heteroatoms. The van der Waals surface area contributed by atoms with Crippen LogP contribution in [0, 0.1) is 5.82 Å². The van der Waals surface area contributed by atoms with Gasteiger partial charge in [0.2, 0.25) is 0 Å². The molecule has 0 saturated carbocycles. The Balaban J connectivity index is 2.18. The third kappa shape index (κ3) is 5.05. The van der Waals surface area contributed by atoms with Crippen LogP contribution in [0.1, 0.15) is 22.8 Å². The van der Waals surface area contributed by atoms with Gasteiger partial charge in [0.15, 0.2) is 11.5 Å². The molecule has 2 aromatic rings. The Kier molecular flexibility index (Phi) is 6.74. The van der Waals surface area contributed by atoms with Crippen LogP contribution in [0.3, 0.4) is 0 Å². The van der Waals surface area contributed by atoms with E-state index in [0.29, 0.717) is 5.56 Å². The van der Waals surface area contributed by atoms with Gasteiger partial charge in [-0.1, -0.05) is 17.7 Å². The number of ether oxygens (including phenoxy) is 2. The lowest BCUT2D eigenvalue weighted by Crippen LogP contribution is -2.26. The van der Waals surface area contributed by atoms with E-state index in [1.807, 2.05) is 0 Å². The summed E-state index contributed by atoms with van der Waals surface area (Å²) in [5, 5.41) is 0.0116. The molecule has 2 aromatic carbocycles. The molecule has 0 saturated heterocycles. The van der Waals surface area contributed by atoms with Crippen molar-refractivity contribution in [3.63, 3.8) is 0 Å². The van der Waals surface area contributed by atoms with Crippen LogP contribution >= 0.6 is 11.6 Å². The summed E-state index contributed by atoms with van der Waals surface area (Å²) in [6.45, 7) is -0.819. The Morgan fingerprint density at radius 3 is 2.54 bits per heavy atom. The van der Waals surface area contributed by atoms with Crippen LogP contribution < -0.4 is 9.47 Å². The van der Waals surface area contributed by atoms with E-state index in [2.05, 4.69) is 4.74 Å². The van der Waals surface area contributed by atoms with Gasteiger partial charge >= 0.3 is 6.61 Å². The predicted octanol–water partition coefficient (Wildman–Crippen LogP) is 4.75. The summed E-state index contributed by atoms with van der Waals surface area (Å²) in [4.78, 5) is 13.8. The maximum absolute atomic E-state index is 13.1. The zero-order chi connectivity index (χ0) is 19.3. The summed E-state index contributed by atoms with van der Waals surface area (Å²) < 4.78 is 47.7. The first-order valence-electron chi connectivity index (χ1n) is 7.72. The molecule has 1 amide bonds. The summed E-state index contributed by atoms with van der Waals surface area (Å²) in [5.41, 5.74) is 0.808. The Morgan fingerprint density at radius 2 is 1.92 bits per heavy atom. The Morgan fingerprint density at radius 1 is 1.19 bits per heavy atom. The number of benzene rings is 2. The SMILES string of the molecule is CCOc1cc(CN(C)C(=O)c2ccc(F)cc2Cl)ccc1OC(F)F. The molecule has 0 atom stereocenters. The van der Waals surface area contributed by atoms with Crippen LogP contribution in [0.25, 0.3) is 0 Å². The zero-order valence-corrected chi connectivity index (χ0v) is 14.9. The minimum Gasteiger partial charge on any atom is -0.490 e. The van der Waals surface area contributed by atoms with E-state index in [1.165, 1.54) is 23.1 Å². The lowest BCUT2D eigenvalue weighted by Gasteiger charge is -2.19. The topological polar surface area (TPSA) is 38.8 Å². The average molecular weight is 388 g/mol. The summed E-state index contributed by atoms with van der Waals surface area (Å²) in [5.74, 6) is -0.863. The normalized spacial score (nSPS) is 10.7. The molecule has 0 unspecified atom stereocenters. The molecule has 0 aliphatic carbocycles. The van der Waals surface area contributed by atoms with Gasteiger partial charge in [-0.2, -0.15) is 8.78 Å². The second kappa shape index (κ2) is 8.80. The largest absolute Gasteiger partial charge is 0.490 e. The van der Waals surface area contributed by atoms with Gasteiger partial charge in [-0.05, 0) is 42.8 Å². The summed E-state index contributed by atoms with van der Waals surface area (Å²) >= 11 is 5.91. The molecule has 4 nitrogen and oxygen atoms in total. The molecule has 2 rings (SSSR count). The van der Waals surface area contributed by atoms with Crippen molar-refractivity contribution in [2.45, 2.75) is 20.1 Å². The summed E-state index contributed by atoms with van der Waals surface area (Å²) in [6, 6.07) is 7.95. The first-order valence-corrected chi connectivity index (χ1v) is 8.10. The molecule has 0 heterocycles. The van der Waals surface area contributed by atoms with Gasteiger partial charge in [-0.25, -0.2) is 4.39 Å². The van der Waals surface area contributed by atoms with Crippen LogP contribution in [-0.4, -0.2) is 31.1 Å². The van der Waals surface area contributed by atoms with Crippen molar-refractivity contribution >= 4 is 17.5 Å². The molecule has 0 fully saturated rings. The van der Waals surface area contributed by atoms with Crippen LogP contribution in [0.5, 0.6) is 11.5 Å².